The van der Waals surface area contributed by atoms with Gasteiger partial charge in [-0.15, -0.1) is 0 Å². The predicted octanol–water partition coefficient (Wildman–Crippen LogP) is 7.42. The van der Waals surface area contributed by atoms with E-state index in [9.17, 15) is 19.5 Å². The molecule has 2 amide bonds. The number of hydrogen-bond donors (Lipinski definition) is 4. The Balaban J connectivity index is 1.20. The molecule has 0 radical (unpaired) electrons. The molecule has 0 aliphatic heterocycles. The molecule has 4 N–H and O–H groups in total. The summed E-state index contributed by atoms with van der Waals surface area (Å²) in [6.07, 6.45) is 1.32. The molecule has 0 saturated heterocycles. The monoisotopic (exact) mass is 735 g/mol. The molecule has 3 heterocycles. The minimum absolute atomic E-state index is 0.000643. The van der Waals surface area contributed by atoms with Gasteiger partial charge in [-0.2, -0.15) is 5.10 Å². The molecule has 6 aromatic rings. The molecule has 274 valence electrons. The van der Waals surface area contributed by atoms with E-state index in [2.05, 4.69) is 20.7 Å². The average Bonchev–Trinajstić information content (AvgIpc) is 3.83. The number of nitrogens with one attached hydrogen (secondary N) is 3. The number of hydrogen-bond acceptors (Lipinski definition) is 6. The Labute approximate surface area is 312 Å². The number of para-hydroxylation sites is 1. The fraction of sp³-hybridized carbons (Fsp3) is 0.268. The molecule has 3 aromatic carbocycles. The SMILES string of the molecule is Cc1cc(OCCCc2c(C(=O)NCc3ccc(C(=O)NC(Cc4ccccc4)C(=O)O)o3)[nH]c3c(-c4c(C)nn(C)c4C)cccc23)cc(C)c1Cl. The van der Waals surface area contributed by atoms with Crippen molar-refractivity contribution in [3.63, 3.8) is 0 Å². The van der Waals surface area contributed by atoms with E-state index in [1.165, 1.54) is 6.07 Å². The number of aryl methyl sites for hydroxylation is 5. The molecule has 0 fully saturated rings. The lowest BCUT2D eigenvalue weighted by Gasteiger charge is -2.13. The molecule has 0 bridgehead atoms. The zero-order chi connectivity index (χ0) is 37.8. The first-order valence-corrected chi connectivity index (χ1v) is 17.8. The van der Waals surface area contributed by atoms with Gasteiger partial charge in [0.05, 0.1) is 24.4 Å². The second-order valence-corrected chi connectivity index (χ2v) is 13.6. The van der Waals surface area contributed by atoms with Gasteiger partial charge in [0.2, 0.25) is 0 Å². The highest BCUT2D eigenvalue weighted by Crippen LogP contribution is 2.36. The molecule has 1 unspecified atom stereocenters. The Hall–Kier alpha value is -5.81. The van der Waals surface area contributed by atoms with E-state index in [1.54, 1.807) is 18.2 Å². The third-order valence-electron chi connectivity index (χ3n) is 9.39. The Morgan fingerprint density at radius 3 is 2.40 bits per heavy atom. The van der Waals surface area contributed by atoms with Crippen LogP contribution in [0.2, 0.25) is 5.02 Å². The van der Waals surface area contributed by atoms with Gasteiger partial charge in [-0.05, 0) is 87.1 Å². The van der Waals surface area contributed by atoms with Crippen LogP contribution in [0, 0.1) is 27.7 Å². The zero-order valence-electron chi connectivity index (χ0n) is 30.3. The number of nitrogens with zero attached hydrogens (tertiary/aromatic N) is 2. The van der Waals surface area contributed by atoms with Crippen molar-refractivity contribution in [3.8, 4) is 16.9 Å². The number of carbonyl (C=O) groups excluding carboxylic acids is 2. The second-order valence-electron chi connectivity index (χ2n) is 13.2. The standard InChI is InChI=1S/C41H42ClN5O6/c1-23-19-29(20-24(2)36(23)42)52-18-10-15-31-30-13-9-14-32(35-25(3)46-47(5)26(35)4)37(30)45-38(31)40(49)43-22-28-16-17-34(53-28)39(48)44-33(41(50)51)21-27-11-7-6-8-12-27/h6-9,11-14,16-17,19-20,33,45H,10,15,18,21-22H2,1-5H3,(H,43,49)(H,44,48)(H,50,51). The highest BCUT2D eigenvalue weighted by Gasteiger charge is 2.25. The van der Waals surface area contributed by atoms with Crippen LogP contribution in [-0.4, -0.2) is 50.3 Å². The Morgan fingerprint density at radius 1 is 0.981 bits per heavy atom. The molecule has 1 atom stereocenters. The van der Waals surface area contributed by atoms with Crippen molar-refractivity contribution in [1.29, 1.82) is 0 Å². The minimum atomic E-state index is -1.16. The van der Waals surface area contributed by atoms with E-state index in [-0.39, 0.29) is 24.6 Å². The molecule has 0 aliphatic rings. The Morgan fingerprint density at radius 2 is 1.72 bits per heavy atom. The van der Waals surface area contributed by atoms with Crippen LogP contribution in [0.25, 0.3) is 22.0 Å². The van der Waals surface area contributed by atoms with Gasteiger partial charge in [-0.3, -0.25) is 14.3 Å². The molecule has 3 aromatic heterocycles. The van der Waals surface area contributed by atoms with Gasteiger partial charge in [0.25, 0.3) is 11.8 Å². The lowest BCUT2D eigenvalue weighted by molar-refractivity contribution is -0.139. The molecule has 12 heteroatoms. The minimum Gasteiger partial charge on any atom is -0.494 e. The number of carboxylic acids is 1. The number of rotatable bonds is 14. The van der Waals surface area contributed by atoms with Crippen LogP contribution in [0.3, 0.4) is 0 Å². The Bertz CT molecular complexity index is 2280. The summed E-state index contributed by atoms with van der Waals surface area (Å²) in [5.41, 5.74) is 8.61. The molecule has 0 spiro atoms. The first-order chi connectivity index (χ1) is 25.4. The number of amides is 2. The second kappa shape index (κ2) is 15.8. The summed E-state index contributed by atoms with van der Waals surface area (Å²) in [7, 11) is 1.91. The lowest BCUT2D eigenvalue weighted by atomic mass is 9.98. The number of aromatic nitrogens is 3. The van der Waals surface area contributed by atoms with E-state index in [0.29, 0.717) is 30.9 Å². The summed E-state index contributed by atoms with van der Waals surface area (Å²) in [4.78, 5) is 42.2. The van der Waals surface area contributed by atoms with Crippen LogP contribution >= 0.6 is 11.6 Å². The number of H-pyrrole nitrogens is 1. The number of carboxylic acid groups (broad SMARTS) is 1. The average molecular weight is 736 g/mol. The third-order valence-corrected chi connectivity index (χ3v) is 9.99. The van der Waals surface area contributed by atoms with E-state index in [4.69, 9.17) is 20.8 Å². The maximum Gasteiger partial charge on any atom is 0.326 e. The van der Waals surface area contributed by atoms with E-state index >= 15 is 0 Å². The van der Waals surface area contributed by atoms with Crippen molar-refractivity contribution >= 4 is 40.3 Å². The summed E-state index contributed by atoms with van der Waals surface area (Å²) in [6.45, 7) is 8.32. The topological polar surface area (TPSA) is 151 Å². The summed E-state index contributed by atoms with van der Waals surface area (Å²) in [5.74, 6) is -1.15. The van der Waals surface area contributed by atoms with Crippen LogP contribution in [-0.2, 0) is 31.2 Å². The van der Waals surface area contributed by atoms with Crippen molar-refractivity contribution < 1.29 is 28.6 Å². The Kier molecular flexibility index (Phi) is 11.0. The quantitative estimate of drug-likeness (QED) is 0.0851. The maximum atomic E-state index is 13.9. The van der Waals surface area contributed by atoms with Crippen molar-refractivity contribution in [2.75, 3.05) is 6.61 Å². The number of benzene rings is 3. The van der Waals surface area contributed by atoms with Crippen molar-refractivity contribution in [1.82, 2.24) is 25.4 Å². The number of aliphatic carboxylic acids is 1. The molecule has 0 saturated carbocycles. The summed E-state index contributed by atoms with van der Waals surface area (Å²) in [6, 6.07) is 20.8. The van der Waals surface area contributed by atoms with Crippen LogP contribution in [0.5, 0.6) is 5.75 Å². The molecular weight excluding hydrogens is 694 g/mol. The summed E-state index contributed by atoms with van der Waals surface area (Å²) < 4.78 is 13.7. The fourth-order valence-electron chi connectivity index (χ4n) is 6.66. The number of ether oxygens (including phenoxy) is 1. The molecular formula is C41H42ClN5O6. The molecule has 53 heavy (non-hydrogen) atoms. The smallest absolute Gasteiger partial charge is 0.326 e. The van der Waals surface area contributed by atoms with E-state index in [0.717, 1.165) is 66.4 Å². The van der Waals surface area contributed by atoms with Gasteiger partial charge in [0.1, 0.15) is 23.2 Å². The predicted molar refractivity (Wildman–Crippen MR) is 204 cm³/mol. The van der Waals surface area contributed by atoms with Gasteiger partial charge in [-0.1, -0.05) is 60.1 Å². The van der Waals surface area contributed by atoms with E-state index < -0.39 is 17.9 Å². The van der Waals surface area contributed by atoms with Crippen LogP contribution in [0.1, 0.15) is 66.9 Å². The molecule has 0 aliphatic carbocycles. The first kappa shape index (κ1) is 37.0. The highest BCUT2D eigenvalue weighted by atomic mass is 35.5. The summed E-state index contributed by atoms with van der Waals surface area (Å²) in [5, 5.41) is 21.4. The number of fused-ring (bicyclic) bond motifs is 1. The van der Waals surface area contributed by atoms with Crippen LogP contribution in [0.15, 0.2) is 77.2 Å². The van der Waals surface area contributed by atoms with Crippen LogP contribution in [0.4, 0.5) is 0 Å². The van der Waals surface area contributed by atoms with Crippen molar-refractivity contribution in [2.24, 2.45) is 7.05 Å². The zero-order valence-corrected chi connectivity index (χ0v) is 31.1. The number of aromatic amines is 1. The number of furan rings is 1. The summed E-state index contributed by atoms with van der Waals surface area (Å²) >= 11 is 6.35. The largest absolute Gasteiger partial charge is 0.494 e. The first-order valence-electron chi connectivity index (χ1n) is 17.4. The van der Waals surface area contributed by atoms with Crippen molar-refractivity contribution in [3.05, 3.63) is 129 Å². The van der Waals surface area contributed by atoms with Gasteiger partial charge < -0.3 is 29.9 Å². The number of halogens is 1. The van der Waals surface area contributed by atoms with Crippen LogP contribution < -0.4 is 15.4 Å². The van der Waals surface area contributed by atoms with Crippen molar-refractivity contribution in [2.45, 2.75) is 59.5 Å². The normalized spacial score (nSPS) is 11.8. The van der Waals surface area contributed by atoms with Gasteiger partial charge in [-0.25, -0.2) is 4.79 Å². The number of carbonyl (C=O) groups is 3. The van der Waals surface area contributed by atoms with Gasteiger partial charge in [0.15, 0.2) is 5.76 Å². The van der Waals surface area contributed by atoms with Gasteiger partial charge in [0, 0.05) is 40.7 Å². The maximum absolute atomic E-state index is 13.9. The fourth-order valence-corrected chi connectivity index (χ4v) is 6.77. The molecule has 11 nitrogen and oxygen atoms in total. The highest BCUT2D eigenvalue weighted by molar-refractivity contribution is 6.32. The third kappa shape index (κ3) is 8.15. The lowest BCUT2D eigenvalue weighted by Crippen LogP contribution is -2.42. The molecule has 6 rings (SSSR count). The van der Waals surface area contributed by atoms with E-state index in [1.807, 2.05) is 88.0 Å². The van der Waals surface area contributed by atoms with Gasteiger partial charge >= 0.3 is 5.97 Å².